The molecule has 90 valence electrons. The smallest absolute Gasteiger partial charge is 0.178 e. The predicted octanol–water partition coefficient (Wildman–Crippen LogP) is 1.93. The third-order valence-corrected chi connectivity index (χ3v) is 4.59. The molecule has 1 aromatic rings. The Hall–Kier alpha value is -0.750. The molecule has 0 fully saturated rings. The molecule has 0 saturated heterocycles. The highest BCUT2D eigenvalue weighted by atomic mass is 32.2. The second-order valence-electron chi connectivity index (χ2n) is 3.35. The van der Waals surface area contributed by atoms with Crippen LogP contribution in [-0.2, 0) is 9.84 Å². The molecular weight excluding hydrogens is 249 g/mol. The number of benzene rings is 1. The fourth-order valence-corrected chi connectivity index (χ4v) is 3.15. The van der Waals surface area contributed by atoms with Crippen LogP contribution in [0.1, 0.15) is 6.42 Å². The highest BCUT2D eigenvalue weighted by Gasteiger charge is 2.15. The van der Waals surface area contributed by atoms with Crippen molar-refractivity contribution in [3.63, 3.8) is 0 Å². The number of halogens is 1. The summed E-state index contributed by atoms with van der Waals surface area (Å²) in [5.74, 6) is 0.124. The average Bonchev–Trinajstić information content (AvgIpc) is 2.22. The maximum atomic E-state index is 13.1. The number of nitrogens with two attached hydrogens (primary N) is 1. The number of sulfone groups is 1. The van der Waals surface area contributed by atoms with E-state index in [4.69, 9.17) is 5.73 Å². The summed E-state index contributed by atoms with van der Waals surface area (Å²) >= 11 is 1.58. The van der Waals surface area contributed by atoms with Gasteiger partial charge in [0.15, 0.2) is 9.84 Å². The Morgan fingerprint density at radius 2 is 2.12 bits per heavy atom. The lowest BCUT2D eigenvalue weighted by Crippen LogP contribution is -2.08. The Kier molecular flexibility index (Phi) is 4.61. The van der Waals surface area contributed by atoms with Gasteiger partial charge < -0.3 is 5.73 Å². The monoisotopic (exact) mass is 263 g/mol. The van der Waals surface area contributed by atoms with Crippen LogP contribution in [0.25, 0.3) is 0 Å². The highest BCUT2D eigenvalue weighted by Crippen LogP contribution is 2.18. The van der Waals surface area contributed by atoms with Crippen molar-refractivity contribution >= 4 is 27.3 Å². The van der Waals surface area contributed by atoms with Gasteiger partial charge >= 0.3 is 0 Å². The number of rotatable bonds is 5. The van der Waals surface area contributed by atoms with E-state index in [1.54, 1.807) is 11.8 Å². The van der Waals surface area contributed by atoms with E-state index in [-0.39, 0.29) is 16.3 Å². The minimum atomic E-state index is -3.38. The summed E-state index contributed by atoms with van der Waals surface area (Å²) in [5.41, 5.74) is 5.24. The molecule has 0 radical (unpaired) electrons. The van der Waals surface area contributed by atoms with Gasteiger partial charge in [-0.05, 0) is 36.6 Å². The van der Waals surface area contributed by atoms with E-state index in [1.165, 1.54) is 12.1 Å². The van der Waals surface area contributed by atoms with Gasteiger partial charge in [-0.1, -0.05) is 0 Å². The molecule has 0 spiro atoms. The number of nitrogen functional groups attached to an aromatic ring is 1. The van der Waals surface area contributed by atoms with E-state index in [0.29, 0.717) is 6.42 Å². The third kappa shape index (κ3) is 3.38. The van der Waals surface area contributed by atoms with Gasteiger partial charge in [0.25, 0.3) is 0 Å². The van der Waals surface area contributed by atoms with Gasteiger partial charge in [-0.3, -0.25) is 0 Å². The first-order chi connectivity index (χ1) is 7.47. The van der Waals surface area contributed by atoms with Crippen LogP contribution in [0, 0.1) is 5.82 Å². The van der Waals surface area contributed by atoms with Crippen LogP contribution in [0.2, 0.25) is 0 Å². The van der Waals surface area contributed by atoms with E-state index in [2.05, 4.69) is 0 Å². The van der Waals surface area contributed by atoms with Crippen LogP contribution >= 0.6 is 11.8 Å². The SMILES string of the molecule is CSCCCS(=O)(=O)c1ccc(N)c(F)c1. The molecule has 1 rings (SSSR count). The molecule has 6 heteroatoms. The highest BCUT2D eigenvalue weighted by molar-refractivity contribution is 7.98. The molecular formula is C10H14FNO2S2. The van der Waals surface area contributed by atoms with Crippen molar-refractivity contribution < 1.29 is 12.8 Å². The summed E-state index contributed by atoms with van der Waals surface area (Å²) in [4.78, 5) is 0.000281. The first-order valence-electron chi connectivity index (χ1n) is 4.74. The van der Waals surface area contributed by atoms with Crippen LogP contribution in [0.15, 0.2) is 23.1 Å². The maximum absolute atomic E-state index is 13.1. The summed E-state index contributed by atoms with van der Waals surface area (Å²) < 4.78 is 36.6. The van der Waals surface area contributed by atoms with Crippen molar-refractivity contribution in [3.05, 3.63) is 24.0 Å². The van der Waals surface area contributed by atoms with Crippen LogP contribution in [0.5, 0.6) is 0 Å². The molecule has 0 bridgehead atoms. The van der Waals surface area contributed by atoms with Crippen LogP contribution in [-0.4, -0.2) is 26.2 Å². The zero-order valence-corrected chi connectivity index (χ0v) is 10.6. The van der Waals surface area contributed by atoms with Gasteiger partial charge in [0.05, 0.1) is 16.3 Å². The van der Waals surface area contributed by atoms with Gasteiger partial charge in [0, 0.05) is 0 Å². The van der Waals surface area contributed by atoms with Crippen molar-refractivity contribution in [1.29, 1.82) is 0 Å². The third-order valence-electron chi connectivity index (χ3n) is 2.09. The predicted molar refractivity (Wildman–Crippen MR) is 65.9 cm³/mol. The van der Waals surface area contributed by atoms with E-state index < -0.39 is 15.7 Å². The molecule has 0 saturated carbocycles. The molecule has 0 aromatic heterocycles. The molecule has 0 amide bonds. The molecule has 16 heavy (non-hydrogen) atoms. The zero-order chi connectivity index (χ0) is 12.2. The maximum Gasteiger partial charge on any atom is 0.178 e. The molecule has 2 N–H and O–H groups in total. The van der Waals surface area contributed by atoms with Crippen LogP contribution < -0.4 is 5.73 Å². The fraction of sp³-hybridized carbons (Fsp3) is 0.400. The molecule has 0 aliphatic rings. The second-order valence-corrected chi connectivity index (χ2v) is 6.44. The Bertz CT molecular complexity index is 460. The first kappa shape index (κ1) is 13.3. The van der Waals surface area contributed by atoms with Crippen LogP contribution in [0.4, 0.5) is 10.1 Å². The lowest BCUT2D eigenvalue weighted by molar-refractivity contribution is 0.590. The summed E-state index contributed by atoms with van der Waals surface area (Å²) in [6.07, 6.45) is 2.48. The number of thioether (sulfide) groups is 1. The van der Waals surface area contributed by atoms with Gasteiger partial charge in [0.1, 0.15) is 5.82 Å². The largest absolute Gasteiger partial charge is 0.396 e. The lowest BCUT2D eigenvalue weighted by Gasteiger charge is -2.05. The topological polar surface area (TPSA) is 60.2 Å². The molecule has 0 aliphatic carbocycles. The number of anilines is 1. The van der Waals surface area contributed by atoms with Crippen LogP contribution in [0.3, 0.4) is 0 Å². The molecule has 3 nitrogen and oxygen atoms in total. The van der Waals surface area contributed by atoms with Gasteiger partial charge in [0.2, 0.25) is 0 Å². The molecule has 1 aromatic carbocycles. The second kappa shape index (κ2) is 5.54. The van der Waals surface area contributed by atoms with Gasteiger partial charge in [-0.2, -0.15) is 11.8 Å². The Labute approximate surface area is 99.1 Å². The van der Waals surface area contributed by atoms with Crippen molar-refractivity contribution in [2.75, 3.05) is 23.5 Å². The molecule has 0 unspecified atom stereocenters. The van der Waals surface area contributed by atoms with Crippen molar-refractivity contribution in [1.82, 2.24) is 0 Å². The van der Waals surface area contributed by atoms with Crippen molar-refractivity contribution in [2.24, 2.45) is 0 Å². The van der Waals surface area contributed by atoms with E-state index in [1.807, 2.05) is 6.26 Å². The number of hydrogen-bond donors (Lipinski definition) is 1. The molecule has 0 atom stereocenters. The standard InChI is InChI=1S/C10H14FNO2S2/c1-15-5-2-6-16(13,14)8-3-4-10(12)9(11)7-8/h3-4,7H,2,5-6,12H2,1H3. The van der Waals surface area contributed by atoms with Gasteiger partial charge in [-0.15, -0.1) is 0 Å². The molecule has 0 heterocycles. The summed E-state index contributed by atoms with van der Waals surface area (Å²) in [7, 11) is -3.38. The van der Waals surface area contributed by atoms with E-state index >= 15 is 0 Å². The van der Waals surface area contributed by atoms with E-state index in [9.17, 15) is 12.8 Å². The van der Waals surface area contributed by atoms with Crippen molar-refractivity contribution in [2.45, 2.75) is 11.3 Å². The Morgan fingerprint density at radius 1 is 1.44 bits per heavy atom. The molecule has 0 aliphatic heterocycles. The minimum Gasteiger partial charge on any atom is -0.396 e. The summed E-state index contributed by atoms with van der Waals surface area (Å²) in [5, 5.41) is 0. The number of hydrogen-bond acceptors (Lipinski definition) is 4. The quantitative estimate of drug-likeness (QED) is 0.651. The fourth-order valence-electron chi connectivity index (χ4n) is 1.21. The summed E-state index contributed by atoms with van der Waals surface area (Å²) in [6, 6.07) is 3.59. The minimum absolute atomic E-state index is 0.000281. The van der Waals surface area contributed by atoms with Crippen molar-refractivity contribution in [3.8, 4) is 0 Å². The Balaban J connectivity index is 2.86. The average molecular weight is 263 g/mol. The first-order valence-corrected chi connectivity index (χ1v) is 7.78. The summed E-state index contributed by atoms with van der Waals surface area (Å²) in [6.45, 7) is 0. The zero-order valence-electron chi connectivity index (χ0n) is 8.94. The van der Waals surface area contributed by atoms with E-state index in [0.717, 1.165) is 11.8 Å². The van der Waals surface area contributed by atoms with Gasteiger partial charge in [-0.25, -0.2) is 12.8 Å². The lowest BCUT2D eigenvalue weighted by atomic mass is 10.3. The Morgan fingerprint density at radius 3 is 2.69 bits per heavy atom. The normalized spacial score (nSPS) is 11.6.